The molecule has 21 heavy (non-hydrogen) atoms. The lowest BCUT2D eigenvalue weighted by Crippen LogP contribution is -2.25. The maximum absolute atomic E-state index is 11.7. The molecule has 2 amide bonds. The average Bonchev–Trinajstić information content (AvgIpc) is 2.97. The zero-order chi connectivity index (χ0) is 15.1. The molecule has 0 aromatic carbocycles. The molecule has 0 unspecified atom stereocenters. The fraction of sp³-hybridized carbons (Fsp3) is 0.267. The van der Waals surface area contributed by atoms with E-state index in [0.717, 1.165) is 5.56 Å². The Morgan fingerprint density at radius 1 is 1.33 bits per heavy atom. The van der Waals surface area contributed by atoms with E-state index in [2.05, 4.69) is 15.6 Å². The minimum Gasteiger partial charge on any atom is -0.352 e. The Morgan fingerprint density at radius 3 is 2.90 bits per heavy atom. The van der Waals surface area contributed by atoms with Crippen molar-refractivity contribution in [2.45, 2.75) is 19.8 Å². The Bertz CT molecular complexity index is 611. The molecule has 0 fully saturated rings. The van der Waals surface area contributed by atoms with E-state index in [1.54, 1.807) is 17.6 Å². The normalized spacial score (nSPS) is 10.1. The van der Waals surface area contributed by atoms with Gasteiger partial charge in [0.25, 0.3) is 5.91 Å². The van der Waals surface area contributed by atoms with Crippen LogP contribution in [0.1, 0.15) is 28.8 Å². The third-order valence-corrected chi connectivity index (χ3v) is 3.52. The summed E-state index contributed by atoms with van der Waals surface area (Å²) in [6.45, 7) is 2.42. The highest BCUT2D eigenvalue weighted by Crippen LogP contribution is 2.07. The van der Waals surface area contributed by atoms with Crippen molar-refractivity contribution < 1.29 is 9.59 Å². The molecule has 0 aliphatic heterocycles. The predicted octanol–water partition coefficient (Wildman–Crippen LogP) is 2.60. The lowest BCUT2D eigenvalue weighted by molar-refractivity contribution is -0.116. The highest BCUT2D eigenvalue weighted by Gasteiger charge is 2.06. The third kappa shape index (κ3) is 5.00. The van der Waals surface area contributed by atoms with Crippen molar-refractivity contribution in [1.29, 1.82) is 0 Å². The summed E-state index contributed by atoms with van der Waals surface area (Å²) in [6, 6.07) is 5.46. The van der Waals surface area contributed by atoms with Gasteiger partial charge in [0.2, 0.25) is 5.91 Å². The van der Waals surface area contributed by atoms with E-state index in [1.165, 1.54) is 11.3 Å². The molecule has 0 saturated carbocycles. The van der Waals surface area contributed by atoms with Gasteiger partial charge in [-0.3, -0.25) is 9.59 Å². The molecule has 110 valence electrons. The smallest absolute Gasteiger partial charge is 0.252 e. The van der Waals surface area contributed by atoms with Gasteiger partial charge < -0.3 is 10.6 Å². The van der Waals surface area contributed by atoms with E-state index in [1.807, 2.05) is 24.4 Å². The molecule has 0 bridgehead atoms. The Balaban J connectivity index is 1.67. The summed E-state index contributed by atoms with van der Waals surface area (Å²) < 4.78 is 0. The lowest BCUT2D eigenvalue weighted by atomic mass is 10.2. The number of aromatic nitrogens is 1. The van der Waals surface area contributed by atoms with E-state index < -0.39 is 0 Å². The van der Waals surface area contributed by atoms with Crippen LogP contribution in [0, 0.1) is 6.92 Å². The number of hydrogen-bond donors (Lipinski definition) is 2. The van der Waals surface area contributed by atoms with Crippen molar-refractivity contribution in [3.05, 3.63) is 46.3 Å². The van der Waals surface area contributed by atoms with Crippen molar-refractivity contribution in [2.24, 2.45) is 0 Å². The van der Waals surface area contributed by atoms with Gasteiger partial charge in [0.05, 0.1) is 0 Å². The number of pyridine rings is 1. The van der Waals surface area contributed by atoms with Gasteiger partial charge in [-0.15, -0.1) is 0 Å². The Hall–Kier alpha value is -2.21. The zero-order valence-electron chi connectivity index (χ0n) is 11.8. The van der Waals surface area contributed by atoms with Crippen LogP contribution in [0.25, 0.3) is 0 Å². The molecule has 0 aliphatic carbocycles. The van der Waals surface area contributed by atoms with Crippen LogP contribution in [0.15, 0.2) is 35.2 Å². The predicted molar refractivity (Wildman–Crippen MR) is 83.5 cm³/mol. The second kappa shape index (κ2) is 7.54. The monoisotopic (exact) mass is 303 g/mol. The molecule has 2 heterocycles. The summed E-state index contributed by atoms with van der Waals surface area (Å²) in [7, 11) is 0. The first-order valence-electron chi connectivity index (χ1n) is 6.68. The molecule has 0 radical (unpaired) electrons. The Kier molecular flexibility index (Phi) is 5.45. The van der Waals surface area contributed by atoms with Gasteiger partial charge in [-0.2, -0.15) is 11.3 Å². The maximum Gasteiger partial charge on any atom is 0.252 e. The first kappa shape index (κ1) is 15.2. The van der Waals surface area contributed by atoms with Crippen molar-refractivity contribution in [1.82, 2.24) is 10.3 Å². The summed E-state index contributed by atoms with van der Waals surface area (Å²) >= 11 is 1.48. The van der Waals surface area contributed by atoms with Gasteiger partial charge in [0.15, 0.2) is 0 Å². The van der Waals surface area contributed by atoms with E-state index >= 15 is 0 Å². The molecule has 0 spiro atoms. The second-order valence-electron chi connectivity index (χ2n) is 4.64. The highest BCUT2D eigenvalue weighted by atomic mass is 32.1. The number of aryl methyl sites for hydroxylation is 1. The number of amides is 2. The van der Waals surface area contributed by atoms with Crippen molar-refractivity contribution in [2.75, 3.05) is 11.9 Å². The fourth-order valence-corrected chi connectivity index (χ4v) is 2.39. The number of anilines is 1. The summed E-state index contributed by atoms with van der Waals surface area (Å²) in [6.07, 6.45) is 2.60. The van der Waals surface area contributed by atoms with Gasteiger partial charge in [-0.1, -0.05) is 0 Å². The molecular weight excluding hydrogens is 286 g/mol. The van der Waals surface area contributed by atoms with Gasteiger partial charge in [-0.05, 0) is 42.5 Å². The standard InChI is InChI=1S/C15H17N3O2S/c1-11-4-7-16-13(9-11)18-14(19)3-2-6-17-15(20)12-5-8-21-10-12/h4-5,7-10H,2-3,6H2,1H3,(H,17,20)(H,16,18,19). The number of nitrogens with zero attached hydrogens (tertiary/aromatic N) is 1. The van der Waals surface area contributed by atoms with Crippen LogP contribution in [0.2, 0.25) is 0 Å². The van der Waals surface area contributed by atoms with Crippen molar-refractivity contribution in [3.8, 4) is 0 Å². The van der Waals surface area contributed by atoms with Crippen LogP contribution in [0.4, 0.5) is 5.82 Å². The summed E-state index contributed by atoms with van der Waals surface area (Å²) in [5.74, 6) is 0.359. The number of carbonyl (C=O) groups excluding carboxylic acids is 2. The number of carbonyl (C=O) groups is 2. The van der Waals surface area contributed by atoms with E-state index in [9.17, 15) is 9.59 Å². The quantitative estimate of drug-likeness (QED) is 0.806. The lowest BCUT2D eigenvalue weighted by Gasteiger charge is -2.06. The molecule has 6 heteroatoms. The van der Waals surface area contributed by atoms with E-state index in [-0.39, 0.29) is 11.8 Å². The minimum atomic E-state index is -0.1000. The first-order valence-corrected chi connectivity index (χ1v) is 7.62. The SMILES string of the molecule is Cc1ccnc(NC(=O)CCCNC(=O)c2ccsc2)c1. The topological polar surface area (TPSA) is 71.1 Å². The van der Waals surface area contributed by atoms with Gasteiger partial charge in [0.1, 0.15) is 5.82 Å². The van der Waals surface area contributed by atoms with Crippen LogP contribution in [-0.4, -0.2) is 23.3 Å². The van der Waals surface area contributed by atoms with Gasteiger partial charge in [0, 0.05) is 30.1 Å². The zero-order valence-corrected chi connectivity index (χ0v) is 12.6. The molecule has 0 atom stereocenters. The highest BCUT2D eigenvalue weighted by molar-refractivity contribution is 7.08. The maximum atomic E-state index is 11.7. The number of nitrogens with one attached hydrogen (secondary N) is 2. The first-order chi connectivity index (χ1) is 10.1. The largest absolute Gasteiger partial charge is 0.352 e. The molecule has 2 N–H and O–H groups in total. The molecule has 2 rings (SSSR count). The average molecular weight is 303 g/mol. The third-order valence-electron chi connectivity index (χ3n) is 2.83. The summed E-state index contributed by atoms with van der Waals surface area (Å²) in [4.78, 5) is 27.5. The van der Waals surface area contributed by atoms with Gasteiger partial charge in [-0.25, -0.2) is 4.98 Å². The number of thiophene rings is 1. The molecule has 5 nitrogen and oxygen atoms in total. The number of rotatable bonds is 6. The Labute approximate surface area is 127 Å². The summed E-state index contributed by atoms with van der Waals surface area (Å²) in [5, 5.41) is 9.18. The van der Waals surface area contributed by atoms with Crippen LogP contribution in [0.3, 0.4) is 0 Å². The van der Waals surface area contributed by atoms with E-state index in [4.69, 9.17) is 0 Å². The van der Waals surface area contributed by atoms with E-state index in [0.29, 0.717) is 30.8 Å². The Morgan fingerprint density at radius 2 is 2.19 bits per heavy atom. The molecule has 2 aromatic rings. The minimum absolute atomic E-state index is 0.0992. The fourth-order valence-electron chi connectivity index (χ4n) is 1.76. The van der Waals surface area contributed by atoms with Crippen LogP contribution in [0.5, 0.6) is 0 Å². The van der Waals surface area contributed by atoms with Crippen LogP contribution >= 0.6 is 11.3 Å². The van der Waals surface area contributed by atoms with Crippen LogP contribution < -0.4 is 10.6 Å². The summed E-state index contributed by atoms with van der Waals surface area (Å²) in [5.41, 5.74) is 1.71. The molecule has 0 aliphatic rings. The van der Waals surface area contributed by atoms with Crippen molar-refractivity contribution >= 4 is 29.0 Å². The second-order valence-corrected chi connectivity index (χ2v) is 5.42. The number of hydrogen-bond acceptors (Lipinski definition) is 4. The molecule has 2 aromatic heterocycles. The van der Waals surface area contributed by atoms with Crippen LogP contribution in [-0.2, 0) is 4.79 Å². The molecular formula is C15H17N3O2S. The van der Waals surface area contributed by atoms with Crippen molar-refractivity contribution in [3.63, 3.8) is 0 Å². The van der Waals surface area contributed by atoms with Gasteiger partial charge >= 0.3 is 0 Å². The molecule has 0 saturated heterocycles.